The molecular weight excluding hydrogens is 340 g/mol. The molecule has 0 spiro atoms. The Kier molecular flexibility index (Phi) is 15.3. The van der Waals surface area contributed by atoms with Gasteiger partial charge in [-0.15, -0.1) is 0 Å². The average molecular weight is 359 g/mol. The zero-order valence-electron chi connectivity index (χ0n) is 12.7. The second-order valence-electron chi connectivity index (χ2n) is 3.96. The van der Waals surface area contributed by atoms with Crippen LogP contribution in [0.4, 0.5) is 0 Å². The van der Waals surface area contributed by atoms with Gasteiger partial charge in [-0.2, -0.15) is 0 Å². The van der Waals surface area contributed by atoms with E-state index in [-0.39, 0.29) is 5.97 Å². The summed E-state index contributed by atoms with van der Waals surface area (Å²) in [5.74, 6) is 16.8. The van der Waals surface area contributed by atoms with Crippen molar-refractivity contribution in [3.05, 3.63) is 35.4 Å². The first kappa shape index (κ1) is 19.9. The highest BCUT2D eigenvalue weighted by Gasteiger charge is 1.96. The molecule has 0 aliphatic heterocycles. The molecule has 0 rings (SSSR count). The molecule has 0 atom stereocenters. The number of unbranched alkanes of at least 4 members (excludes halogenated alkanes) is 2. The van der Waals surface area contributed by atoms with Crippen LogP contribution in [0.15, 0.2) is 35.4 Å². The Hall–Kier alpha value is -2.15. The van der Waals surface area contributed by atoms with E-state index >= 15 is 0 Å². The molecule has 0 saturated carbocycles. The minimum absolute atomic E-state index is 0.199. The number of esters is 1. The van der Waals surface area contributed by atoms with Crippen LogP contribution in [0, 0.1) is 35.5 Å². The summed E-state index contributed by atoms with van der Waals surface area (Å²) in [5.41, 5.74) is 0. The van der Waals surface area contributed by atoms with Crippen LogP contribution in [0.2, 0.25) is 0 Å². The number of hydrogen-bond acceptors (Lipinski definition) is 2. The average Bonchev–Trinajstić information content (AvgIpc) is 2.54. The normalized spacial score (nSPS) is 9.73. The van der Waals surface area contributed by atoms with E-state index in [1.54, 1.807) is 17.1 Å². The van der Waals surface area contributed by atoms with E-state index in [2.05, 4.69) is 56.2 Å². The monoisotopic (exact) mass is 358 g/mol. The predicted molar refractivity (Wildman–Crippen MR) is 94.8 cm³/mol. The molecule has 0 aliphatic rings. The van der Waals surface area contributed by atoms with Crippen molar-refractivity contribution >= 4 is 21.9 Å². The Morgan fingerprint density at radius 2 is 1.73 bits per heavy atom. The first-order valence-electron chi connectivity index (χ1n) is 6.92. The van der Waals surface area contributed by atoms with Crippen molar-refractivity contribution in [1.82, 2.24) is 0 Å². The number of ether oxygens (including phenoxy) is 1. The number of hydrogen-bond donors (Lipinski definition) is 0. The van der Waals surface area contributed by atoms with Crippen molar-refractivity contribution < 1.29 is 9.53 Å². The second kappa shape index (κ2) is 16.9. The van der Waals surface area contributed by atoms with Gasteiger partial charge in [0.15, 0.2) is 0 Å². The van der Waals surface area contributed by atoms with Crippen LogP contribution in [-0.2, 0) is 9.53 Å². The molecule has 2 nitrogen and oxygen atoms in total. The van der Waals surface area contributed by atoms with Crippen molar-refractivity contribution in [2.45, 2.75) is 32.1 Å². The maximum absolute atomic E-state index is 10.8. The lowest BCUT2D eigenvalue weighted by molar-refractivity contribution is -0.140. The Labute approximate surface area is 141 Å². The van der Waals surface area contributed by atoms with E-state index in [9.17, 15) is 4.79 Å². The molecule has 0 amide bonds. The Bertz CT molecular complexity index is 578. The van der Waals surface area contributed by atoms with Crippen LogP contribution in [0.25, 0.3) is 0 Å². The molecule has 0 saturated heterocycles. The van der Waals surface area contributed by atoms with Crippen LogP contribution in [-0.4, -0.2) is 13.1 Å². The molecule has 114 valence electrons. The van der Waals surface area contributed by atoms with E-state index < -0.39 is 0 Å². The van der Waals surface area contributed by atoms with Gasteiger partial charge >= 0.3 is 5.97 Å². The zero-order valence-corrected chi connectivity index (χ0v) is 14.3. The van der Waals surface area contributed by atoms with Crippen LogP contribution in [0.3, 0.4) is 0 Å². The van der Waals surface area contributed by atoms with E-state index in [0.717, 1.165) is 12.8 Å². The van der Waals surface area contributed by atoms with Gasteiger partial charge < -0.3 is 4.74 Å². The summed E-state index contributed by atoms with van der Waals surface area (Å²) in [7, 11) is 1.39. The molecule has 0 radical (unpaired) electrons. The van der Waals surface area contributed by atoms with Gasteiger partial charge in [-0.3, -0.25) is 4.79 Å². The van der Waals surface area contributed by atoms with Crippen molar-refractivity contribution in [2.75, 3.05) is 7.11 Å². The molecule has 0 aliphatic carbocycles. The molecule has 0 fully saturated rings. The summed E-state index contributed by atoms with van der Waals surface area (Å²) in [5, 5.41) is 0. The van der Waals surface area contributed by atoms with E-state index in [0.29, 0.717) is 19.3 Å². The molecule has 0 unspecified atom stereocenters. The fraction of sp³-hybridized carbons (Fsp3) is 0.316. The maximum Gasteiger partial charge on any atom is 0.305 e. The third-order valence-corrected chi connectivity index (χ3v) is 2.53. The molecule has 0 aromatic carbocycles. The van der Waals surface area contributed by atoms with Crippen LogP contribution in [0.5, 0.6) is 0 Å². The van der Waals surface area contributed by atoms with Crippen LogP contribution < -0.4 is 0 Å². The third-order valence-electron chi connectivity index (χ3n) is 2.27. The lowest BCUT2D eigenvalue weighted by atomic mass is 10.2. The minimum atomic E-state index is -0.199. The topological polar surface area (TPSA) is 26.3 Å². The highest BCUT2D eigenvalue weighted by molar-refractivity contribution is 9.11. The highest BCUT2D eigenvalue weighted by atomic mass is 79.9. The molecule has 3 heteroatoms. The summed E-state index contributed by atoms with van der Waals surface area (Å²) in [6.45, 7) is 0. The molecule has 0 bridgehead atoms. The Balaban J connectivity index is 3.71. The van der Waals surface area contributed by atoms with E-state index in [1.165, 1.54) is 7.11 Å². The van der Waals surface area contributed by atoms with Gasteiger partial charge in [0.05, 0.1) is 7.11 Å². The van der Waals surface area contributed by atoms with Gasteiger partial charge in [0, 0.05) is 12.8 Å². The molecule has 0 aromatic rings. The van der Waals surface area contributed by atoms with Crippen molar-refractivity contribution in [3.8, 4) is 35.5 Å². The smallest absolute Gasteiger partial charge is 0.305 e. The quantitative estimate of drug-likeness (QED) is 0.405. The number of rotatable bonds is 6. The van der Waals surface area contributed by atoms with Crippen LogP contribution in [0.1, 0.15) is 32.1 Å². The van der Waals surface area contributed by atoms with Crippen molar-refractivity contribution in [1.29, 1.82) is 0 Å². The molecule has 0 N–H and O–H groups in total. The standard InChI is InChI=1S/C19H19BrO2/c1-22-19(21)17-15-13-11-9-7-5-3-2-4-6-8-10-12-14-16-18-20/h2-3,8,10,16,18H,4,6,13,15,17H2,1H3. The van der Waals surface area contributed by atoms with Crippen LogP contribution >= 0.6 is 15.9 Å². The molecule has 0 heterocycles. The third kappa shape index (κ3) is 15.9. The van der Waals surface area contributed by atoms with Gasteiger partial charge in [0.1, 0.15) is 0 Å². The summed E-state index contributed by atoms with van der Waals surface area (Å²) in [6, 6.07) is 0. The number of carbonyl (C=O) groups is 1. The summed E-state index contributed by atoms with van der Waals surface area (Å²) in [4.78, 5) is 12.6. The molecule has 0 aromatic heterocycles. The fourth-order valence-corrected chi connectivity index (χ4v) is 1.34. The van der Waals surface area contributed by atoms with Gasteiger partial charge in [-0.25, -0.2) is 0 Å². The van der Waals surface area contributed by atoms with Crippen molar-refractivity contribution in [2.24, 2.45) is 0 Å². The van der Waals surface area contributed by atoms with E-state index in [1.807, 2.05) is 18.2 Å². The lowest BCUT2D eigenvalue weighted by Gasteiger charge is -1.93. The second-order valence-corrected chi connectivity index (χ2v) is 4.49. The van der Waals surface area contributed by atoms with Gasteiger partial charge in [-0.05, 0) is 54.3 Å². The number of carbonyl (C=O) groups excluding carboxylic acids is 1. The van der Waals surface area contributed by atoms with Gasteiger partial charge in [0.25, 0.3) is 0 Å². The van der Waals surface area contributed by atoms with E-state index in [4.69, 9.17) is 0 Å². The summed E-state index contributed by atoms with van der Waals surface area (Å²) in [6.07, 6.45) is 13.0. The lowest BCUT2D eigenvalue weighted by Crippen LogP contribution is -1.98. The predicted octanol–water partition coefficient (Wildman–Crippen LogP) is 4.14. The first-order valence-corrected chi connectivity index (χ1v) is 7.84. The Morgan fingerprint density at radius 3 is 2.41 bits per heavy atom. The fourth-order valence-electron chi connectivity index (χ4n) is 1.21. The highest BCUT2D eigenvalue weighted by Crippen LogP contribution is 1.95. The molecule has 22 heavy (non-hydrogen) atoms. The van der Waals surface area contributed by atoms with Crippen molar-refractivity contribution in [3.63, 3.8) is 0 Å². The molecular formula is C19H19BrO2. The number of methoxy groups -OCH3 is 1. The largest absolute Gasteiger partial charge is 0.469 e. The minimum Gasteiger partial charge on any atom is -0.469 e. The van der Waals surface area contributed by atoms with Gasteiger partial charge in [-0.1, -0.05) is 51.8 Å². The summed E-state index contributed by atoms with van der Waals surface area (Å²) >= 11 is 3.14. The SMILES string of the molecule is COC(=O)CCCC#CC#CC=CCCC=CC#CC=CBr. The first-order chi connectivity index (χ1) is 10.8. The Morgan fingerprint density at radius 1 is 1.05 bits per heavy atom. The van der Waals surface area contributed by atoms with Gasteiger partial charge in [0.2, 0.25) is 0 Å². The summed E-state index contributed by atoms with van der Waals surface area (Å²) < 4.78 is 4.53. The number of halogens is 1. The number of allylic oxidation sites excluding steroid dienone is 5. The zero-order chi connectivity index (χ0) is 16.3. The maximum atomic E-state index is 10.8.